The molecule has 4 unspecified atom stereocenters. The van der Waals surface area contributed by atoms with E-state index < -0.39 is 87.7 Å². The molecule has 276 valence electrons. The lowest BCUT2D eigenvalue weighted by Crippen LogP contribution is -2.63. The Kier molecular flexibility index (Phi) is 13.5. The Hall–Kier alpha value is -4.31. The van der Waals surface area contributed by atoms with Gasteiger partial charge in [-0.25, -0.2) is 0 Å². The first-order valence-corrected chi connectivity index (χ1v) is 16.5. The molecule has 1 fully saturated rings. The van der Waals surface area contributed by atoms with Gasteiger partial charge in [0.05, 0.1) is 33.0 Å². The van der Waals surface area contributed by atoms with Gasteiger partial charge in [-0.3, -0.25) is 34.0 Å². The predicted octanol–water partition coefficient (Wildman–Crippen LogP) is 6.78. The van der Waals surface area contributed by atoms with Crippen LogP contribution in [0.2, 0.25) is 0 Å². The number of nitrogens with zero attached hydrogens (tertiary/aromatic N) is 2. The molecular weight excluding hydrogens is 648 g/mol. The number of benzene rings is 1. The zero-order valence-electron chi connectivity index (χ0n) is 31.4. The summed E-state index contributed by atoms with van der Waals surface area (Å²) < 4.78 is 29.9. The van der Waals surface area contributed by atoms with Crippen molar-refractivity contribution in [1.29, 1.82) is 0 Å². The van der Waals surface area contributed by atoms with E-state index in [9.17, 15) is 29.3 Å². The average Bonchev–Trinajstić information content (AvgIpc) is 2.98. The van der Waals surface area contributed by atoms with Gasteiger partial charge >= 0.3 is 30.1 Å². The van der Waals surface area contributed by atoms with Gasteiger partial charge in [-0.2, -0.15) is 0 Å². The molecule has 0 aliphatic carbocycles. The number of ether oxygens (including phenoxy) is 5. The minimum Gasteiger partial charge on any atom is -0.462 e. The number of hydrogen-bond acceptors (Lipinski definition) is 11. The molecule has 0 saturated carbocycles. The number of hydrogen-bond donors (Lipinski definition) is 0. The molecular formula is C37H53N2O11+. The van der Waals surface area contributed by atoms with Gasteiger partial charge in [-0.1, -0.05) is 18.2 Å². The summed E-state index contributed by atoms with van der Waals surface area (Å²) in [5, 5.41) is 11.1. The third-order valence-corrected chi connectivity index (χ3v) is 7.51. The van der Waals surface area contributed by atoms with E-state index >= 15 is 0 Å². The number of nitro benzene ring substituents is 1. The van der Waals surface area contributed by atoms with Gasteiger partial charge in [0.2, 0.25) is 6.10 Å². The van der Waals surface area contributed by atoms with Crippen LogP contribution >= 0.6 is 0 Å². The maximum atomic E-state index is 13.4. The third-order valence-electron chi connectivity index (χ3n) is 7.51. The Balaban J connectivity index is 2.71. The van der Waals surface area contributed by atoms with Crippen LogP contribution in [-0.4, -0.2) is 66.1 Å². The second-order valence-electron chi connectivity index (χ2n) is 16.5. The van der Waals surface area contributed by atoms with Crippen molar-refractivity contribution in [3.05, 3.63) is 57.4 Å². The fraction of sp³-hybridized carbons (Fsp3) is 0.649. The molecule has 1 heterocycles. The fourth-order valence-corrected chi connectivity index (χ4v) is 4.23. The van der Waals surface area contributed by atoms with E-state index in [0.717, 1.165) is 0 Å². The van der Waals surface area contributed by atoms with Gasteiger partial charge in [0.25, 0.3) is 11.8 Å². The van der Waals surface area contributed by atoms with Crippen molar-refractivity contribution in [3.8, 4) is 6.07 Å². The normalized spacial score (nSPS) is 21.8. The first kappa shape index (κ1) is 41.9. The lowest BCUT2D eigenvalue weighted by Gasteiger charge is -2.41. The molecule has 1 aromatic carbocycles. The van der Waals surface area contributed by atoms with Crippen molar-refractivity contribution in [2.45, 2.75) is 126 Å². The lowest BCUT2D eigenvalue weighted by atomic mass is 9.92. The summed E-state index contributed by atoms with van der Waals surface area (Å²) in [7, 11) is 0. The minimum atomic E-state index is -1.44. The highest BCUT2D eigenvalue weighted by Gasteiger charge is 2.59. The molecule has 0 bridgehead atoms. The zero-order chi connectivity index (χ0) is 38.4. The molecule has 50 heavy (non-hydrogen) atoms. The Labute approximate surface area is 295 Å². The number of esters is 4. The van der Waals surface area contributed by atoms with Gasteiger partial charge in [-0.15, -0.1) is 6.58 Å². The van der Waals surface area contributed by atoms with Crippen LogP contribution in [-0.2, 0) is 42.9 Å². The summed E-state index contributed by atoms with van der Waals surface area (Å²) >= 11 is 0. The Morgan fingerprint density at radius 2 is 1.24 bits per heavy atom. The number of carbonyl (C=O) groups is 4. The van der Waals surface area contributed by atoms with Gasteiger partial charge in [0.1, 0.15) is 12.7 Å². The molecule has 1 aromatic rings. The summed E-state index contributed by atoms with van der Waals surface area (Å²) in [6.07, 6.45) is -5.04. The second-order valence-corrected chi connectivity index (χ2v) is 16.5. The summed E-state index contributed by atoms with van der Waals surface area (Å²) in [4.78, 5) is 68.1. The monoisotopic (exact) mass is 701 g/mol. The van der Waals surface area contributed by atoms with Gasteiger partial charge in [0.15, 0.2) is 12.2 Å². The van der Waals surface area contributed by atoms with Crippen LogP contribution in [0.15, 0.2) is 36.9 Å². The van der Waals surface area contributed by atoms with Crippen LogP contribution in [0.1, 0.15) is 101 Å². The highest BCUT2D eigenvalue weighted by Crippen LogP contribution is 2.35. The van der Waals surface area contributed by atoms with Crippen LogP contribution in [0, 0.1) is 37.8 Å². The Morgan fingerprint density at radius 1 is 0.800 bits per heavy atom. The molecule has 0 radical (unpaired) electrons. The van der Waals surface area contributed by atoms with Crippen molar-refractivity contribution in [2.24, 2.45) is 21.7 Å². The molecule has 0 spiro atoms. The van der Waals surface area contributed by atoms with Crippen LogP contribution in [0.5, 0.6) is 0 Å². The SMILES string of the molecule is C=CC(CC#[N+]C1OC(COC(=O)C(C)(C)C)[C@@H](OC(=O)C(C)(C)C)[C@@H](OC(=O)C(C)(C)C)C1OC(=O)C(C)(C)C)c1ccc([N+](=O)[O-])cc1. The maximum absolute atomic E-state index is 13.4. The third kappa shape index (κ3) is 11.6. The van der Waals surface area contributed by atoms with Crippen molar-refractivity contribution in [1.82, 2.24) is 0 Å². The minimum absolute atomic E-state index is 0.0657. The molecule has 0 N–H and O–H groups in total. The molecule has 0 aromatic heterocycles. The van der Waals surface area contributed by atoms with Crippen LogP contribution < -0.4 is 0 Å². The average molecular weight is 702 g/mol. The molecule has 1 aliphatic heterocycles. The highest BCUT2D eigenvalue weighted by atomic mass is 16.7. The largest absolute Gasteiger partial charge is 0.462 e. The standard InChI is InChI=1S/C37H53N2O11/c1-14-22(23-15-17-24(18-16-23)39(44)45)19-20-38-29-28(50-33(43)37(11,12)13)27(49-32(42)36(8,9)10)26(48-31(41)35(5,6)7)25(47-29)21-46-30(40)34(2,3)4/h14-18,22,25-29H,1,19,21H2,2-13H3/q+1/t22?,25?,26-,27-,28?,29?/m1/s1. The van der Waals surface area contributed by atoms with Crippen LogP contribution in [0.3, 0.4) is 0 Å². The van der Waals surface area contributed by atoms with E-state index in [1.165, 1.54) is 12.1 Å². The van der Waals surface area contributed by atoms with E-state index in [0.29, 0.717) is 5.56 Å². The topological polar surface area (TPSA) is 162 Å². The van der Waals surface area contributed by atoms with E-state index in [-0.39, 0.29) is 18.0 Å². The van der Waals surface area contributed by atoms with Crippen molar-refractivity contribution in [3.63, 3.8) is 0 Å². The number of carbonyl (C=O) groups excluding carboxylic acids is 4. The molecule has 6 atom stereocenters. The molecule has 1 saturated heterocycles. The first-order chi connectivity index (χ1) is 22.8. The number of nitro groups is 1. The number of allylic oxidation sites excluding steroid dienone is 1. The number of non-ortho nitro benzene ring substituents is 1. The molecule has 13 nitrogen and oxygen atoms in total. The van der Waals surface area contributed by atoms with E-state index in [1.807, 2.05) is 0 Å². The summed E-state index contributed by atoms with van der Waals surface area (Å²) in [5.74, 6) is -2.94. The maximum Gasteiger partial charge on any atom is 0.417 e. The molecule has 0 amide bonds. The first-order valence-electron chi connectivity index (χ1n) is 16.5. The van der Waals surface area contributed by atoms with Gasteiger partial charge < -0.3 is 18.9 Å². The van der Waals surface area contributed by atoms with Gasteiger partial charge in [-0.05, 0) is 93.5 Å². The molecule has 13 heteroatoms. The van der Waals surface area contributed by atoms with Crippen LogP contribution in [0.25, 0.3) is 4.85 Å². The lowest BCUT2D eigenvalue weighted by molar-refractivity contribution is -0.384. The van der Waals surface area contributed by atoms with E-state index in [1.54, 1.807) is 101 Å². The molecule has 2 rings (SSSR count). The van der Waals surface area contributed by atoms with E-state index in [2.05, 4.69) is 17.5 Å². The predicted molar refractivity (Wildman–Crippen MR) is 185 cm³/mol. The highest BCUT2D eigenvalue weighted by molar-refractivity contribution is 5.78. The van der Waals surface area contributed by atoms with E-state index in [4.69, 9.17) is 23.7 Å². The Bertz CT molecular complexity index is 1480. The molecule has 1 aliphatic rings. The van der Waals surface area contributed by atoms with Crippen molar-refractivity contribution in [2.75, 3.05) is 6.61 Å². The van der Waals surface area contributed by atoms with Crippen molar-refractivity contribution < 1.29 is 47.8 Å². The second kappa shape index (κ2) is 16.1. The summed E-state index contributed by atoms with van der Waals surface area (Å²) in [6.45, 7) is 23.3. The zero-order valence-corrected chi connectivity index (χ0v) is 31.4. The van der Waals surface area contributed by atoms with Gasteiger partial charge in [0, 0.05) is 18.1 Å². The number of rotatable bonds is 9. The van der Waals surface area contributed by atoms with Crippen molar-refractivity contribution >= 4 is 29.6 Å². The fourth-order valence-electron chi connectivity index (χ4n) is 4.23. The Morgan fingerprint density at radius 3 is 1.66 bits per heavy atom. The van der Waals surface area contributed by atoms with Crippen LogP contribution in [0.4, 0.5) is 5.69 Å². The summed E-state index contributed by atoms with van der Waals surface area (Å²) in [5.41, 5.74) is -3.25. The smallest absolute Gasteiger partial charge is 0.417 e. The summed E-state index contributed by atoms with van der Waals surface area (Å²) in [6, 6.07) is 8.90. The quantitative estimate of drug-likeness (QED) is 0.0878.